The topological polar surface area (TPSA) is 12.4 Å². The molecule has 0 fully saturated rings. The van der Waals surface area contributed by atoms with Crippen molar-refractivity contribution in [3.05, 3.63) is 12.2 Å². The normalized spacial score (nSPS) is 17.8. The van der Waals surface area contributed by atoms with Gasteiger partial charge in [0.1, 0.15) is 0 Å². The highest BCUT2D eigenvalue weighted by molar-refractivity contribution is 5.87. The average Bonchev–Trinajstić information content (AvgIpc) is 2.12. The Hall–Kier alpha value is -0.590. The Morgan fingerprint density at radius 2 is 1.35 bits per heavy atom. The first-order chi connectivity index (χ1) is 7.37. The first-order valence-corrected chi connectivity index (χ1v) is 6.61. The maximum atomic E-state index is 4.84. The quantitative estimate of drug-likeness (QED) is 0.477. The van der Waals surface area contributed by atoms with Crippen LogP contribution in [0, 0.1) is 16.7 Å². The Kier molecular flexibility index (Phi) is 5.18. The molecule has 17 heavy (non-hydrogen) atoms. The van der Waals surface area contributed by atoms with Gasteiger partial charge in [0.15, 0.2) is 0 Å². The smallest absolute Gasteiger partial charge is 0.0533 e. The summed E-state index contributed by atoms with van der Waals surface area (Å²) < 4.78 is 0. The maximum Gasteiger partial charge on any atom is 0.0533 e. The summed E-state index contributed by atoms with van der Waals surface area (Å²) >= 11 is 0. The van der Waals surface area contributed by atoms with Crippen molar-refractivity contribution in [1.82, 2.24) is 0 Å². The van der Waals surface area contributed by atoms with Crippen molar-refractivity contribution in [2.45, 2.75) is 68.4 Å². The fraction of sp³-hybridized carbons (Fsp3) is 0.812. The largest absolute Gasteiger partial charge is 0.290 e. The summed E-state index contributed by atoms with van der Waals surface area (Å²) in [5, 5.41) is 0. The lowest BCUT2D eigenvalue weighted by Gasteiger charge is -2.30. The van der Waals surface area contributed by atoms with Crippen LogP contribution in [0.15, 0.2) is 17.1 Å². The molecule has 0 bridgehead atoms. The number of hydrogen-bond donors (Lipinski definition) is 0. The molecule has 0 N–H and O–H groups in total. The highest BCUT2D eigenvalue weighted by Crippen LogP contribution is 2.32. The van der Waals surface area contributed by atoms with Gasteiger partial charge in [-0.25, -0.2) is 0 Å². The molecule has 0 saturated heterocycles. The molecule has 0 radical (unpaired) electrons. The van der Waals surface area contributed by atoms with Crippen LogP contribution in [-0.2, 0) is 0 Å². The van der Waals surface area contributed by atoms with Crippen molar-refractivity contribution in [1.29, 1.82) is 0 Å². The van der Waals surface area contributed by atoms with Gasteiger partial charge in [-0.3, -0.25) is 4.99 Å². The molecule has 2 unspecified atom stereocenters. The van der Waals surface area contributed by atoms with E-state index in [0.29, 0.717) is 12.0 Å². The van der Waals surface area contributed by atoms with Gasteiger partial charge in [0.05, 0.1) is 6.04 Å². The molecular weight excluding hydrogens is 206 g/mol. The average molecular weight is 237 g/mol. The third-order valence-electron chi connectivity index (χ3n) is 3.72. The lowest BCUT2D eigenvalue weighted by atomic mass is 9.78. The van der Waals surface area contributed by atoms with E-state index in [4.69, 9.17) is 4.99 Å². The van der Waals surface area contributed by atoms with E-state index >= 15 is 0 Å². The summed E-state index contributed by atoms with van der Waals surface area (Å²) in [5.41, 5.74) is 2.84. The van der Waals surface area contributed by atoms with E-state index < -0.39 is 0 Å². The molecule has 0 amide bonds. The SMILES string of the molecule is C=C(C(C)C(C)/N=C(\C)C(C)(C)C)C(C)(C)C. The molecule has 2 atom stereocenters. The van der Waals surface area contributed by atoms with Gasteiger partial charge in [-0.1, -0.05) is 60.6 Å². The van der Waals surface area contributed by atoms with Gasteiger partial charge in [-0.05, 0) is 30.6 Å². The molecule has 0 aliphatic rings. The van der Waals surface area contributed by atoms with E-state index in [-0.39, 0.29) is 10.8 Å². The van der Waals surface area contributed by atoms with Gasteiger partial charge in [0.25, 0.3) is 0 Å². The molecule has 1 nitrogen and oxygen atoms in total. The predicted octanol–water partition coefficient (Wildman–Crippen LogP) is 5.12. The summed E-state index contributed by atoms with van der Waals surface area (Å²) in [5.74, 6) is 0.423. The molecule has 0 spiro atoms. The van der Waals surface area contributed by atoms with Crippen LogP contribution in [0.25, 0.3) is 0 Å². The van der Waals surface area contributed by atoms with Crippen molar-refractivity contribution in [2.75, 3.05) is 0 Å². The van der Waals surface area contributed by atoms with Crippen LogP contribution >= 0.6 is 0 Å². The summed E-state index contributed by atoms with van der Waals surface area (Å²) in [6, 6.07) is 0.306. The van der Waals surface area contributed by atoms with Crippen LogP contribution in [0.5, 0.6) is 0 Å². The van der Waals surface area contributed by atoms with Crippen LogP contribution in [0.4, 0.5) is 0 Å². The third kappa shape index (κ3) is 5.06. The highest BCUT2D eigenvalue weighted by Gasteiger charge is 2.25. The minimum absolute atomic E-state index is 0.164. The zero-order chi connectivity index (χ0) is 14.0. The number of rotatable bonds is 3. The van der Waals surface area contributed by atoms with Gasteiger partial charge < -0.3 is 0 Å². The van der Waals surface area contributed by atoms with Crippen molar-refractivity contribution >= 4 is 5.71 Å². The molecular formula is C16H31N. The molecule has 100 valence electrons. The predicted molar refractivity (Wildman–Crippen MR) is 79.8 cm³/mol. The molecule has 1 heteroatoms. The van der Waals surface area contributed by atoms with E-state index in [1.807, 2.05) is 0 Å². The number of hydrogen-bond acceptors (Lipinski definition) is 1. The lowest BCUT2D eigenvalue weighted by Crippen LogP contribution is -2.25. The van der Waals surface area contributed by atoms with Gasteiger partial charge in [-0.15, -0.1) is 0 Å². The molecule has 0 aliphatic heterocycles. The Labute approximate surface area is 108 Å². The van der Waals surface area contributed by atoms with Gasteiger partial charge in [0.2, 0.25) is 0 Å². The molecule has 0 rings (SSSR count). The second kappa shape index (κ2) is 5.37. The molecule has 0 aromatic rings. The third-order valence-corrected chi connectivity index (χ3v) is 3.72. The van der Waals surface area contributed by atoms with E-state index in [1.54, 1.807) is 0 Å². The Balaban J connectivity index is 4.86. The number of aliphatic imine (C=N–C) groups is 1. The minimum Gasteiger partial charge on any atom is -0.290 e. The summed E-state index contributed by atoms with van der Waals surface area (Å²) in [4.78, 5) is 4.84. The molecule has 0 heterocycles. The zero-order valence-corrected chi connectivity index (χ0v) is 13.3. The first-order valence-electron chi connectivity index (χ1n) is 6.61. The van der Waals surface area contributed by atoms with Crippen LogP contribution in [0.2, 0.25) is 0 Å². The van der Waals surface area contributed by atoms with Gasteiger partial charge in [-0.2, -0.15) is 0 Å². The maximum absolute atomic E-state index is 4.84. The Bertz CT molecular complexity index is 296. The fourth-order valence-electron chi connectivity index (χ4n) is 1.59. The molecule has 0 aliphatic carbocycles. The summed E-state index contributed by atoms with van der Waals surface area (Å²) in [7, 11) is 0. The monoisotopic (exact) mass is 237 g/mol. The summed E-state index contributed by atoms with van der Waals surface area (Å²) in [6.45, 7) is 24.1. The van der Waals surface area contributed by atoms with E-state index in [0.717, 1.165) is 0 Å². The number of nitrogens with zero attached hydrogens (tertiary/aromatic N) is 1. The van der Waals surface area contributed by atoms with Crippen molar-refractivity contribution in [2.24, 2.45) is 21.7 Å². The van der Waals surface area contributed by atoms with Crippen molar-refractivity contribution in [3.63, 3.8) is 0 Å². The van der Waals surface area contributed by atoms with Crippen LogP contribution < -0.4 is 0 Å². The van der Waals surface area contributed by atoms with Crippen LogP contribution in [0.1, 0.15) is 62.3 Å². The molecule has 0 aromatic carbocycles. The highest BCUT2D eigenvalue weighted by atomic mass is 14.8. The fourth-order valence-corrected chi connectivity index (χ4v) is 1.59. The van der Waals surface area contributed by atoms with Gasteiger partial charge >= 0.3 is 0 Å². The van der Waals surface area contributed by atoms with Crippen molar-refractivity contribution < 1.29 is 0 Å². The van der Waals surface area contributed by atoms with Crippen LogP contribution in [-0.4, -0.2) is 11.8 Å². The minimum atomic E-state index is 0.164. The first kappa shape index (κ1) is 16.4. The lowest BCUT2D eigenvalue weighted by molar-refractivity contribution is 0.406. The second-order valence-electron chi connectivity index (χ2n) is 7.27. The van der Waals surface area contributed by atoms with Crippen molar-refractivity contribution in [3.8, 4) is 0 Å². The van der Waals surface area contributed by atoms with E-state index in [9.17, 15) is 0 Å². The Morgan fingerprint density at radius 1 is 0.941 bits per heavy atom. The summed E-state index contributed by atoms with van der Waals surface area (Å²) in [6.07, 6.45) is 0. The van der Waals surface area contributed by atoms with Gasteiger partial charge in [0, 0.05) is 5.71 Å². The van der Waals surface area contributed by atoms with Crippen LogP contribution in [0.3, 0.4) is 0 Å². The van der Waals surface area contributed by atoms with E-state index in [1.165, 1.54) is 11.3 Å². The molecule has 0 saturated carbocycles. The zero-order valence-electron chi connectivity index (χ0n) is 13.3. The van der Waals surface area contributed by atoms with E-state index in [2.05, 4.69) is 68.9 Å². The Morgan fingerprint density at radius 3 is 1.65 bits per heavy atom. The molecule has 0 aromatic heterocycles. The second-order valence-corrected chi connectivity index (χ2v) is 7.27. The standard InChI is InChI=1S/C16H31N/c1-11(12(2)15(5,6)7)13(3)17-14(4)16(8,9)10/h11,13H,2H2,1,3-10H3/b17-14+.